The van der Waals surface area contributed by atoms with Gasteiger partial charge in [0.25, 0.3) is 4.84 Å². The summed E-state index contributed by atoms with van der Waals surface area (Å²) in [6.07, 6.45) is 1.03. The van der Waals surface area contributed by atoms with Crippen molar-refractivity contribution in [2.45, 2.75) is 13.3 Å². The van der Waals surface area contributed by atoms with Crippen molar-refractivity contribution in [1.82, 2.24) is 4.98 Å². The Morgan fingerprint density at radius 3 is 3.08 bits per heavy atom. The molecule has 3 heteroatoms. The highest BCUT2D eigenvalue weighted by Crippen LogP contribution is 2.15. The molecule has 1 N–H and O–H groups in total. The lowest BCUT2D eigenvalue weighted by Gasteiger charge is -1.93. The molecular formula is C9H9NOS. The average Bonchev–Trinajstić information content (AvgIpc) is 2.43. The number of benzene rings is 1. The van der Waals surface area contributed by atoms with E-state index in [1.165, 1.54) is 5.56 Å². The second kappa shape index (κ2) is 2.75. The topological polar surface area (TPSA) is 28.9 Å². The van der Waals surface area contributed by atoms with Gasteiger partial charge in [-0.05, 0) is 36.3 Å². The standard InChI is InChI=1S/C9H9NOS/c1-2-6-3-4-8-7(5-6)10-9(12)11-8/h3-5H,2H2,1H3,(H,10,12). The Morgan fingerprint density at radius 2 is 2.33 bits per heavy atom. The van der Waals surface area contributed by atoms with Gasteiger partial charge in [0.15, 0.2) is 5.58 Å². The lowest BCUT2D eigenvalue weighted by molar-refractivity contribution is 0.583. The predicted octanol–water partition coefficient (Wildman–Crippen LogP) is 3.05. The van der Waals surface area contributed by atoms with Gasteiger partial charge in [0.2, 0.25) is 0 Å². The molecule has 1 heterocycles. The molecule has 62 valence electrons. The molecule has 0 saturated carbocycles. The molecule has 0 unspecified atom stereocenters. The number of oxazole rings is 1. The number of nitrogens with one attached hydrogen (secondary N) is 1. The molecule has 12 heavy (non-hydrogen) atoms. The third-order valence-corrected chi connectivity index (χ3v) is 2.08. The zero-order valence-electron chi connectivity index (χ0n) is 6.76. The van der Waals surface area contributed by atoms with Crippen LogP contribution >= 0.6 is 12.2 Å². The van der Waals surface area contributed by atoms with Crippen LogP contribution in [0.25, 0.3) is 11.1 Å². The summed E-state index contributed by atoms with van der Waals surface area (Å²) < 4.78 is 5.23. The smallest absolute Gasteiger partial charge is 0.266 e. The van der Waals surface area contributed by atoms with Crippen LogP contribution in [0.1, 0.15) is 12.5 Å². The van der Waals surface area contributed by atoms with Crippen LogP contribution in [0.3, 0.4) is 0 Å². The maximum atomic E-state index is 5.23. The van der Waals surface area contributed by atoms with Gasteiger partial charge in [-0.1, -0.05) is 13.0 Å². The molecule has 0 aliphatic rings. The fraction of sp³-hybridized carbons (Fsp3) is 0.222. The number of aryl methyl sites for hydroxylation is 1. The maximum absolute atomic E-state index is 5.23. The van der Waals surface area contributed by atoms with Gasteiger partial charge in [0.05, 0.1) is 5.52 Å². The SMILES string of the molecule is CCc1ccc2oc(=S)[nH]c2c1. The molecule has 0 amide bonds. The average molecular weight is 179 g/mol. The van der Waals surface area contributed by atoms with E-state index in [2.05, 4.69) is 24.0 Å². The summed E-state index contributed by atoms with van der Waals surface area (Å²) >= 11 is 4.87. The Balaban J connectivity index is 2.74. The lowest BCUT2D eigenvalue weighted by Crippen LogP contribution is -1.77. The summed E-state index contributed by atoms with van der Waals surface area (Å²) in [5.74, 6) is 0. The summed E-state index contributed by atoms with van der Waals surface area (Å²) in [6, 6.07) is 6.06. The first-order chi connectivity index (χ1) is 5.79. The van der Waals surface area contributed by atoms with Gasteiger partial charge in [0, 0.05) is 0 Å². The van der Waals surface area contributed by atoms with Gasteiger partial charge in [-0.2, -0.15) is 0 Å². The van der Waals surface area contributed by atoms with Crippen LogP contribution in [0.15, 0.2) is 22.6 Å². The van der Waals surface area contributed by atoms with Crippen molar-refractivity contribution in [3.05, 3.63) is 28.6 Å². The van der Waals surface area contributed by atoms with Crippen molar-refractivity contribution < 1.29 is 4.42 Å². The van der Waals surface area contributed by atoms with Crippen LogP contribution in [0, 0.1) is 4.84 Å². The number of hydrogen-bond acceptors (Lipinski definition) is 2. The fourth-order valence-corrected chi connectivity index (χ4v) is 1.42. The minimum absolute atomic E-state index is 0.443. The molecule has 0 spiro atoms. The van der Waals surface area contributed by atoms with E-state index in [1.54, 1.807) is 0 Å². The van der Waals surface area contributed by atoms with Gasteiger partial charge in [-0.3, -0.25) is 0 Å². The first-order valence-corrected chi connectivity index (χ1v) is 4.32. The van der Waals surface area contributed by atoms with Crippen molar-refractivity contribution in [2.24, 2.45) is 0 Å². The third kappa shape index (κ3) is 1.16. The van der Waals surface area contributed by atoms with E-state index in [0.717, 1.165) is 17.5 Å². The van der Waals surface area contributed by atoms with Crippen LogP contribution < -0.4 is 0 Å². The summed E-state index contributed by atoms with van der Waals surface area (Å²) in [7, 11) is 0. The Morgan fingerprint density at radius 1 is 1.50 bits per heavy atom. The number of aromatic nitrogens is 1. The Hall–Kier alpha value is -1.09. The zero-order chi connectivity index (χ0) is 8.55. The van der Waals surface area contributed by atoms with E-state index in [4.69, 9.17) is 16.6 Å². The molecule has 0 saturated heterocycles. The fourth-order valence-electron chi connectivity index (χ4n) is 1.22. The van der Waals surface area contributed by atoms with Gasteiger partial charge < -0.3 is 9.40 Å². The number of H-pyrrole nitrogens is 1. The van der Waals surface area contributed by atoms with E-state index in [-0.39, 0.29) is 0 Å². The molecular weight excluding hydrogens is 170 g/mol. The second-order valence-corrected chi connectivity index (χ2v) is 3.07. The third-order valence-electron chi connectivity index (χ3n) is 1.89. The highest BCUT2D eigenvalue weighted by molar-refractivity contribution is 7.71. The summed E-state index contributed by atoms with van der Waals surface area (Å²) in [6.45, 7) is 2.12. The van der Waals surface area contributed by atoms with Crippen molar-refractivity contribution in [3.63, 3.8) is 0 Å². The number of hydrogen-bond donors (Lipinski definition) is 1. The molecule has 0 atom stereocenters. The molecule has 0 bridgehead atoms. The van der Waals surface area contributed by atoms with E-state index in [9.17, 15) is 0 Å². The summed E-state index contributed by atoms with van der Waals surface area (Å²) in [5, 5.41) is 0. The monoisotopic (exact) mass is 179 g/mol. The Kier molecular flexibility index (Phi) is 1.73. The molecule has 1 aromatic heterocycles. The molecule has 0 aliphatic heterocycles. The largest absolute Gasteiger partial charge is 0.429 e. The Bertz CT molecular complexity index is 455. The van der Waals surface area contributed by atoms with Crippen LogP contribution in [0.5, 0.6) is 0 Å². The zero-order valence-corrected chi connectivity index (χ0v) is 7.57. The predicted molar refractivity (Wildman–Crippen MR) is 50.8 cm³/mol. The molecule has 2 nitrogen and oxygen atoms in total. The first-order valence-electron chi connectivity index (χ1n) is 3.91. The van der Waals surface area contributed by atoms with Gasteiger partial charge in [-0.15, -0.1) is 0 Å². The number of fused-ring (bicyclic) bond motifs is 1. The second-order valence-electron chi connectivity index (χ2n) is 2.70. The van der Waals surface area contributed by atoms with Gasteiger partial charge >= 0.3 is 0 Å². The molecule has 0 aliphatic carbocycles. The van der Waals surface area contributed by atoms with E-state index in [0.29, 0.717) is 4.84 Å². The lowest BCUT2D eigenvalue weighted by atomic mass is 10.1. The van der Waals surface area contributed by atoms with Crippen molar-refractivity contribution in [3.8, 4) is 0 Å². The minimum atomic E-state index is 0.443. The molecule has 0 fully saturated rings. The van der Waals surface area contributed by atoms with Crippen molar-refractivity contribution in [1.29, 1.82) is 0 Å². The highest BCUT2D eigenvalue weighted by atomic mass is 32.1. The van der Waals surface area contributed by atoms with Crippen LogP contribution in [-0.4, -0.2) is 4.98 Å². The Labute approximate surface area is 75.2 Å². The van der Waals surface area contributed by atoms with E-state index < -0.39 is 0 Å². The van der Waals surface area contributed by atoms with E-state index in [1.807, 2.05) is 6.07 Å². The van der Waals surface area contributed by atoms with Crippen LogP contribution in [-0.2, 0) is 6.42 Å². The van der Waals surface area contributed by atoms with Crippen molar-refractivity contribution in [2.75, 3.05) is 0 Å². The van der Waals surface area contributed by atoms with Gasteiger partial charge in [0.1, 0.15) is 0 Å². The summed E-state index contributed by atoms with van der Waals surface area (Å²) in [4.78, 5) is 3.42. The van der Waals surface area contributed by atoms with E-state index >= 15 is 0 Å². The van der Waals surface area contributed by atoms with Crippen LogP contribution in [0.2, 0.25) is 0 Å². The van der Waals surface area contributed by atoms with Crippen LogP contribution in [0.4, 0.5) is 0 Å². The quantitative estimate of drug-likeness (QED) is 0.681. The normalized spacial score (nSPS) is 10.8. The molecule has 1 aromatic carbocycles. The summed E-state index contributed by atoms with van der Waals surface area (Å²) in [5.41, 5.74) is 3.10. The highest BCUT2D eigenvalue weighted by Gasteiger charge is 1.98. The first kappa shape index (κ1) is 7.55. The number of rotatable bonds is 1. The molecule has 2 rings (SSSR count). The molecule has 2 aromatic rings. The maximum Gasteiger partial charge on any atom is 0.266 e. The van der Waals surface area contributed by atoms with Gasteiger partial charge in [-0.25, -0.2) is 0 Å². The molecule has 0 radical (unpaired) electrons. The number of aromatic amines is 1. The van der Waals surface area contributed by atoms with Crippen molar-refractivity contribution >= 4 is 23.3 Å². The minimum Gasteiger partial charge on any atom is -0.429 e.